The maximum Gasteiger partial charge on any atom is 0.255 e. The Morgan fingerprint density at radius 3 is 2.83 bits per heavy atom. The Hall–Kier alpha value is -2.77. The average Bonchev–Trinajstić information content (AvgIpc) is 3.20. The molecule has 1 N–H and O–H groups in total. The first kappa shape index (κ1) is 19.2. The molecule has 7 nitrogen and oxygen atoms in total. The van der Waals surface area contributed by atoms with Crippen molar-refractivity contribution in [2.75, 3.05) is 33.2 Å². The topological polar surface area (TPSA) is 74.5 Å². The fourth-order valence-electron chi connectivity index (χ4n) is 5.08. The number of imidazole rings is 1. The molecule has 0 radical (unpaired) electrons. The summed E-state index contributed by atoms with van der Waals surface area (Å²) in [6.07, 6.45) is 5.67. The van der Waals surface area contributed by atoms with E-state index in [-0.39, 0.29) is 17.4 Å². The molecule has 0 aliphatic carbocycles. The standard InChI is InChI=1S/C23H27N5O2/c1-26-11-8-20(29)23(14-26)9-5-10-27(15-23)22(30)17-12-19-21(24-13-17)28(16-25-19)18-6-3-2-4-7-18/h2-4,6-7,12-13,16,20,29H,5,8-11,14-15H2,1H3/t20-,23-/m0/s1. The number of amides is 1. The third kappa shape index (κ3) is 3.28. The van der Waals surface area contributed by atoms with Crippen molar-refractivity contribution < 1.29 is 9.90 Å². The third-order valence-electron chi connectivity index (χ3n) is 6.64. The number of benzene rings is 1. The van der Waals surface area contributed by atoms with Gasteiger partial charge in [-0.3, -0.25) is 9.36 Å². The van der Waals surface area contributed by atoms with Gasteiger partial charge >= 0.3 is 0 Å². The summed E-state index contributed by atoms with van der Waals surface area (Å²) in [6, 6.07) is 11.8. The number of fused-ring (bicyclic) bond motifs is 1. The average molecular weight is 406 g/mol. The van der Waals surface area contributed by atoms with E-state index in [2.05, 4.69) is 21.9 Å². The number of aromatic nitrogens is 3. The highest BCUT2D eigenvalue weighted by Gasteiger charge is 2.45. The Bertz CT molecular complexity index is 1070. The van der Waals surface area contributed by atoms with E-state index >= 15 is 0 Å². The molecule has 2 fully saturated rings. The van der Waals surface area contributed by atoms with Crippen molar-refractivity contribution in [2.45, 2.75) is 25.4 Å². The van der Waals surface area contributed by atoms with Crippen LogP contribution in [0.1, 0.15) is 29.6 Å². The molecule has 0 saturated carbocycles. The first-order valence-electron chi connectivity index (χ1n) is 10.6. The lowest BCUT2D eigenvalue weighted by atomic mass is 9.71. The molecule has 30 heavy (non-hydrogen) atoms. The van der Waals surface area contributed by atoms with Crippen LogP contribution in [0.4, 0.5) is 0 Å². The maximum absolute atomic E-state index is 13.3. The quantitative estimate of drug-likeness (QED) is 0.708. The number of hydrogen-bond donors (Lipinski definition) is 1. The summed E-state index contributed by atoms with van der Waals surface area (Å²) in [5.74, 6) is -0.0295. The first-order chi connectivity index (χ1) is 14.6. The first-order valence-corrected chi connectivity index (χ1v) is 10.6. The molecule has 1 spiro atoms. The minimum atomic E-state index is -0.355. The lowest BCUT2D eigenvalue weighted by Crippen LogP contribution is -2.59. The number of carbonyl (C=O) groups is 1. The third-order valence-corrected chi connectivity index (χ3v) is 6.64. The second kappa shape index (κ2) is 7.49. The number of likely N-dealkylation sites (tertiary alicyclic amines) is 2. The molecule has 2 aliphatic heterocycles. The van der Waals surface area contributed by atoms with Crippen molar-refractivity contribution in [3.8, 4) is 5.69 Å². The number of hydrogen-bond acceptors (Lipinski definition) is 5. The summed E-state index contributed by atoms with van der Waals surface area (Å²) < 4.78 is 1.92. The van der Waals surface area contributed by atoms with Crippen LogP contribution >= 0.6 is 0 Å². The Balaban J connectivity index is 1.41. The van der Waals surface area contributed by atoms with E-state index in [1.165, 1.54) is 0 Å². The minimum absolute atomic E-state index is 0.0295. The number of piperidine rings is 2. The molecule has 156 valence electrons. The smallest absolute Gasteiger partial charge is 0.255 e. The number of rotatable bonds is 2. The largest absolute Gasteiger partial charge is 0.392 e. The van der Waals surface area contributed by atoms with Crippen LogP contribution < -0.4 is 0 Å². The summed E-state index contributed by atoms with van der Waals surface area (Å²) in [5, 5.41) is 10.7. The van der Waals surface area contributed by atoms with Gasteiger partial charge in [0.05, 0.1) is 11.7 Å². The number of aliphatic hydroxyl groups excluding tert-OH is 1. The van der Waals surface area contributed by atoms with Gasteiger partial charge in [-0.1, -0.05) is 18.2 Å². The zero-order valence-electron chi connectivity index (χ0n) is 17.2. The molecule has 4 heterocycles. The van der Waals surface area contributed by atoms with Crippen molar-refractivity contribution in [3.05, 3.63) is 54.5 Å². The summed E-state index contributed by atoms with van der Waals surface area (Å²) >= 11 is 0. The summed E-state index contributed by atoms with van der Waals surface area (Å²) in [6.45, 7) is 3.04. The van der Waals surface area contributed by atoms with E-state index in [9.17, 15) is 9.90 Å². The Labute approximate surface area is 176 Å². The summed E-state index contributed by atoms with van der Waals surface area (Å²) in [4.78, 5) is 26.5. The van der Waals surface area contributed by atoms with Gasteiger partial charge in [-0.2, -0.15) is 0 Å². The Kier molecular flexibility index (Phi) is 4.79. The fourth-order valence-corrected chi connectivity index (χ4v) is 5.08. The van der Waals surface area contributed by atoms with Crippen LogP contribution in [-0.2, 0) is 0 Å². The van der Waals surface area contributed by atoms with Gasteiger partial charge in [-0.05, 0) is 44.5 Å². The molecule has 1 amide bonds. The number of para-hydroxylation sites is 1. The maximum atomic E-state index is 13.3. The second-order valence-corrected chi connectivity index (χ2v) is 8.75. The highest BCUT2D eigenvalue weighted by molar-refractivity contribution is 5.96. The predicted octanol–water partition coefficient (Wildman–Crippen LogP) is 2.34. The molecular weight excluding hydrogens is 378 g/mol. The molecule has 2 aliphatic rings. The van der Waals surface area contributed by atoms with Crippen LogP contribution in [0.5, 0.6) is 0 Å². The van der Waals surface area contributed by atoms with Gasteiger partial charge in [0.1, 0.15) is 11.8 Å². The predicted molar refractivity (Wildman–Crippen MR) is 115 cm³/mol. The molecule has 2 aromatic heterocycles. The molecule has 2 saturated heterocycles. The van der Waals surface area contributed by atoms with Crippen LogP contribution in [0.15, 0.2) is 48.9 Å². The SMILES string of the molecule is CN1CC[C@H](O)[C@@]2(CCCN(C(=O)c3cnc4c(c3)ncn4-c3ccccc3)C2)C1. The van der Waals surface area contributed by atoms with Crippen LogP contribution in [0, 0.1) is 5.41 Å². The van der Waals surface area contributed by atoms with Crippen LogP contribution in [0.3, 0.4) is 0 Å². The van der Waals surface area contributed by atoms with E-state index < -0.39 is 0 Å². The molecule has 2 atom stereocenters. The van der Waals surface area contributed by atoms with Crippen molar-refractivity contribution >= 4 is 17.1 Å². The molecule has 5 rings (SSSR count). The Morgan fingerprint density at radius 1 is 1.17 bits per heavy atom. The van der Waals surface area contributed by atoms with E-state index in [0.29, 0.717) is 24.2 Å². The molecular formula is C23H27N5O2. The highest BCUT2D eigenvalue weighted by Crippen LogP contribution is 2.38. The molecule has 0 bridgehead atoms. The van der Waals surface area contributed by atoms with Crippen molar-refractivity contribution in [3.63, 3.8) is 0 Å². The number of nitrogens with zero attached hydrogens (tertiary/aromatic N) is 5. The fraction of sp³-hybridized carbons (Fsp3) is 0.435. The lowest BCUT2D eigenvalue weighted by molar-refractivity contribution is -0.0731. The van der Waals surface area contributed by atoms with Gasteiger partial charge in [0, 0.05) is 43.5 Å². The van der Waals surface area contributed by atoms with Gasteiger partial charge in [-0.25, -0.2) is 9.97 Å². The molecule has 0 unspecified atom stereocenters. The van der Waals surface area contributed by atoms with Crippen molar-refractivity contribution in [2.24, 2.45) is 5.41 Å². The molecule has 3 aromatic rings. The normalized spacial score (nSPS) is 25.1. The zero-order chi connectivity index (χ0) is 20.7. The van der Waals surface area contributed by atoms with Crippen molar-refractivity contribution in [1.29, 1.82) is 0 Å². The van der Waals surface area contributed by atoms with Gasteiger partial charge in [0.15, 0.2) is 5.65 Å². The second-order valence-electron chi connectivity index (χ2n) is 8.75. The number of carbonyl (C=O) groups excluding carboxylic acids is 1. The van der Waals surface area contributed by atoms with Crippen LogP contribution in [0.2, 0.25) is 0 Å². The van der Waals surface area contributed by atoms with Gasteiger partial charge in [0.25, 0.3) is 5.91 Å². The zero-order valence-corrected chi connectivity index (χ0v) is 17.2. The molecule has 1 aromatic carbocycles. The van der Waals surface area contributed by atoms with E-state index in [4.69, 9.17) is 0 Å². The monoisotopic (exact) mass is 405 g/mol. The minimum Gasteiger partial charge on any atom is -0.392 e. The molecule has 7 heteroatoms. The summed E-state index contributed by atoms with van der Waals surface area (Å²) in [7, 11) is 2.09. The number of pyridine rings is 1. The van der Waals surface area contributed by atoms with Gasteiger partial charge in [0.2, 0.25) is 0 Å². The lowest BCUT2D eigenvalue weighted by Gasteiger charge is -2.50. The van der Waals surface area contributed by atoms with Crippen LogP contribution in [-0.4, -0.2) is 74.7 Å². The highest BCUT2D eigenvalue weighted by atomic mass is 16.3. The Morgan fingerprint density at radius 2 is 2.00 bits per heavy atom. The van der Waals surface area contributed by atoms with E-state index in [0.717, 1.165) is 43.7 Å². The van der Waals surface area contributed by atoms with Gasteiger partial charge in [-0.15, -0.1) is 0 Å². The number of aliphatic hydroxyl groups is 1. The summed E-state index contributed by atoms with van der Waals surface area (Å²) in [5.41, 5.74) is 2.75. The van der Waals surface area contributed by atoms with Gasteiger partial charge < -0.3 is 14.9 Å². The van der Waals surface area contributed by atoms with E-state index in [1.54, 1.807) is 12.5 Å². The van der Waals surface area contributed by atoms with Crippen molar-refractivity contribution in [1.82, 2.24) is 24.3 Å². The van der Waals surface area contributed by atoms with Crippen LogP contribution in [0.25, 0.3) is 16.9 Å². The van der Waals surface area contributed by atoms with E-state index in [1.807, 2.05) is 45.9 Å².